The molecule has 1 unspecified atom stereocenters. The first-order chi connectivity index (χ1) is 15.9. The number of aromatic amines is 1. The van der Waals surface area contributed by atoms with Crippen LogP contribution in [0.5, 0.6) is 0 Å². The maximum atomic E-state index is 14.6. The van der Waals surface area contributed by atoms with Gasteiger partial charge in [-0.1, -0.05) is 12.0 Å². The van der Waals surface area contributed by atoms with E-state index in [0.717, 1.165) is 0 Å². The molecule has 2 aliphatic rings. The Morgan fingerprint density at radius 2 is 2.00 bits per heavy atom. The van der Waals surface area contributed by atoms with Crippen LogP contribution in [0.2, 0.25) is 0 Å². The lowest BCUT2D eigenvalue weighted by molar-refractivity contribution is -0.465. The zero-order chi connectivity index (χ0) is 23.3. The third-order valence-electron chi connectivity index (χ3n) is 5.63. The van der Waals surface area contributed by atoms with E-state index in [9.17, 15) is 8.78 Å². The molecule has 0 aliphatic carbocycles. The number of aliphatic imine (C=N–C) groups is 1. The Bertz CT molecular complexity index is 1360. The molecule has 3 aromatic rings. The van der Waals surface area contributed by atoms with Crippen LogP contribution in [0.4, 0.5) is 26.0 Å². The van der Waals surface area contributed by atoms with Crippen LogP contribution in [0.1, 0.15) is 23.9 Å². The van der Waals surface area contributed by atoms with Crippen LogP contribution in [0.3, 0.4) is 0 Å². The highest BCUT2D eigenvalue weighted by Gasteiger charge is 2.31. The summed E-state index contributed by atoms with van der Waals surface area (Å²) in [5.74, 6) is 1.88. The minimum atomic E-state index is -0.716. The highest BCUT2D eigenvalue weighted by molar-refractivity contribution is 6.13. The largest absolute Gasteiger partial charge is 0.351 e. The topological polar surface area (TPSA) is 78.2 Å². The Morgan fingerprint density at radius 1 is 1.24 bits per heavy atom. The van der Waals surface area contributed by atoms with Gasteiger partial charge < -0.3 is 10.1 Å². The Balaban J connectivity index is 1.74. The number of benzene rings is 1. The van der Waals surface area contributed by atoms with Gasteiger partial charge in [0, 0.05) is 18.6 Å². The first-order valence-corrected chi connectivity index (χ1v) is 10.5. The Morgan fingerprint density at radius 3 is 2.73 bits per heavy atom. The molecule has 2 N–H and O–H groups in total. The van der Waals surface area contributed by atoms with Gasteiger partial charge in [0.15, 0.2) is 11.8 Å². The monoisotopic (exact) mass is 447 g/mol. The molecule has 0 spiro atoms. The number of aromatic nitrogens is 3. The second kappa shape index (κ2) is 7.90. The van der Waals surface area contributed by atoms with E-state index in [2.05, 4.69) is 26.4 Å². The van der Waals surface area contributed by atoms with Crippen molar-refractivity contribution in [3.8, 4) is 23.6 Å². The second-order valence-electron chi connectivity index (χ2n) is 8.05. The molecule has 0 fully saturated rings. The van der Waals surface area contributed by atoms with Gasteiger partial charge in [-0.05, 0) is 31.0 Å². The summed E-state index contributed by atoms with van der Waals surface area (Å²) < 4.78 is 36.9. The third kappa shape index (κ3) is 3.58. The van der Waals surface area contributed by atoms with Crippen molar-refractivity contribution in [1.82, 2.24) is 15.2 Å². The molecule has 33 heavy (non-hydrogen) atoms. The number of anilines is 1. The Hall–Kier alpha value is -3.90. The van der Waals surface area contributed by atoms with E-state index in [4.69, 9.17) is 16.1 Å². The second-order valence-corrected chi connectivity index (χ2v) is 8.05. The number of pyridine rings is 1. The molecule has 0 saturated heterocycles. The Kier molecular flexibility index (Phi) is 5.02. The van der Waals surface area contributed by atoms with Crippen molar-refractivity contribution in [2.24, 2.45) is 4.99 Å². The molecular formula is C24H21F2N6O+. The fraction of sp³-hybridized carbons (Fsp3) is 0.250. The maximum Gasteiger partial charge on any atom is 0.324 e. The number of hydrogen-bond acceptors (Lipinski definition) is 5. The summed E-state index contributed by atoms with van der Waals surface area (Å²) in [6.45, 7) is 6.14. The summed E-state index contributed by atoms with van der Waals surface area (Å²) in [6, 6.07) is 5.57. The van der Waals surface area contributed by atoms with Crippen LogP contribution in [0.15, 0.2) is 29.3 Å². The number of ether oxygens (including phenoxy) is 1. The number of amidine groups is 1. The number of aryl methyl sites for hydroxylation is 2. The van der Waals surface area contributed by atoms with Crippen molar-refractivity contribution in [3.63, 3.8) is 0 Å². The molecule has 0 bridgehead atoms. The van der Waals surface area contributed by atoms with Crippen molar-refractivity contribution in [2.45, 2.75) is 33.0 Å². The molecular weight excluding hydrogens is 426 g/mol. The fourth-order valence-electron chi connectivity index (χ4n) is 4.08. The van der Waals surface area contributed by atoms with Crippen LogP contribution in [0.25, 0.3) is 11.3 Å². The lowest BCUT2D eigenvalue weighted by atomic mass is 10.1. The number of fused-ring (bicyclic) bond motifs is 3. The molecule has 4 heterocycles. The van der Waals surface area contributed by atoms with E-state index in [1.165, 1.54) is 18.2 Å². The van der Waals surface area contributed by atoms with Gasteiger partial charge in [-0.15, -0.1) is 6.42 Å². The van der Waals surface area contributed by atoms with Crippen molar-refractivity contribution in [1.29, 1.82) is 0 Å². The molecule has 1 aromatic carbocycles. The quantitative estimate of drug-likeness (QED) is 0.460. The molecule has 9 heteroatoms. The van der Waals surface area contributed by atoms with Crippen molar-refractivity contribution in [2.75, 3.05) is 11.9 Å². The average molecular weight is 447 g/mol. The molecule has 2 atom stereocenters. The van der Waals surface area contributed by atoms with Gasteiger partial charge in [0.05, 0.1) is 23.0 Å². The van der Waals surface area contributed by atoms with E-state index >= 15 is 0 Å². The molecule has 0 saturated carbocycles. The van der Waals surface area contributed by atoms with Crippen LogP contribution in [0, 0.1) is 37.8 Å². The molecule has 2 aliphatic heterocycles. The molecule has 2 aromatic heterocycles. The molecule has 166 valence electrons. The number of terminal acetylenes is 1. The molecule has 7 nitrogen and oxygen atoms in total. The third-order valence-corrected chi connectivity index (χ3v) is 5.63. The van der Waals surface area contributed by atoms with Gasteiger partial charge in [0.25, 0.3) is 0 Å². The van der Waals surface area contributed by atoms with Crippen LogP contribution in [-0.4, -0.2) is 50.6 Å². The number of rotatable bonds is 2. The highest BCUT2D eigenvalue weighted by Crippen LogP contribution is 2.41. The number of nitrogens with one attached hydrogen (secondary N) is 2. The summed E-state index contributed by atoms with van der Waals surface area (Å²) in [5.41, 5.74) is 3.37. The summed E-state index contributed by atoms with van der Waals surface area (Å²) >= 11 is 0. The van der Waals surface area contributed by atoms with E-state index in [1.54, 1.807) is 6.92 Å². The number of halogens is 2. The zero-order valence-electron chi connectivity index (χ0n) is 18.3. The predicted molar refractivity (Wildman–Crippen MR) is 121 cm³/mol. The van der Waals surface area contributed by atoms with E-state index in [1.807, 2.05) is 30.7 Å². The van der Waals surface area contributed by atoms with Gasteiger partial charge in [0.2, 0.25) is 0 Å². The lowest BCUT2D eigenvalue weighted by Crippen LogP contribution is -2.36. The molecule has 0 amide bonds. The standard InChI is InChI=1S/C24H21F2N6O/c1-5-15-11-32(10-12(2)33-15)19-9-16-21(13(3)27-19)28-24(20-17(25)7-6-8-18(20)26)29-22-14(4)30-31-23(16)22/h1,6-9,11-12,15H,10H2,2-4H3,(H,28,29)(H,30,31)/q+1/t12-,15?/m0/s1. The maximum absolute atomic E-state index is 14.6. The van der Waals surface area contributed by atoms with Crippen LogP contribution < -0.4 is 5.32 Å². The van der Waals surface area contributed by atoms with Crippen molar-refractivity contribution in [3.05, 3.63) is 52.9 Å². The van der Waals surface area contributed by atoms with Gasteiger partial charge in [-0.2, -0.15) is 5.10 Å². The Labute approximate surface area is 189 Å². The summed E-state index contributed by atoms with van der Waals surface area (Å²) in [5, 5.41) is 10.5. The van der Waals surface area contributed by atoms with E-state index in [-0.39, 0.29) is 17.5 Å². The average Bonchev–Trinajstić information content (AvgIpc) is 3.04. The van der Waals surface area contributed by atoms with Gasteiger partial charge in [-0.25, -0.2) is 18.3 Å². The first kappa shape index (κ1) is 21.0. The summed E-state index contributed by atoms with van der Waals surface area (Å²) in [7, 11) is 0. The molecule has 0 radical (unpaired) electrons. The number of H-pyrrole nitrogens is 1. The summed E-state index contributed by atoms with van der Waals surface area (Å²) in [6.07, 6.45) is 6.83. The van der Waals surface area contributed by atoms with E-state index in [0.29, 0.717) is 46.4 Å². The van der Waals surface area contributed by atoms with E-state index < -0.39 is 17.7 Å². The zero-order valence-corrected chi connectivity index (χ0v) is 18.3. The fourth-order valence-corrected chi connectivity index (χ4v) is 4.08. The van der Waals surface area contributed by atoms with Crippen LogP contribution in [-0.2, 0) is 4.74 Å². The predicted octanol–water partition coefficient (Wildman–Crippen LogP) is 4.01. The smallest absolute Gasteiger partial charge is 0.324 e. The van der Waals surface area contributed by atoms with Gasteiger partial charge >= 0.3 is 5.82 Å². The minimum absolute atomic E-state index is 0.0479. The number of nitrogens with zero attached hydrogens (tertiary/aromatic N) is 4. The van der Waals surface area contributed by atoms with Gasteiger partial charge in [-0.3, -0.25) is 5.10 Å². The first-order valence-electron chi connectivity index (χ1n) is 10.5. The highest BCUT2D eigenvalue weighted by atomic mass is 19.1. The lowest BCUT2D eigenvalue weighted by Gasteiger charge is -2.21. The minimum Gasteiger partial charge on any atom is -0.351 e. The van der Waals surface area contributed by atoms with Crippen molar-refractivity contribution < 1.29 is 18.1 Å². The van der Waals surface area contributed by atoms with Gasteiger partial charge in [0.1, 0.15) is 41.6 Å². The molecule has 5 rings (SSSR count). The SMILES string of the molecule is C#CC1C=[N+](c2cc3c(c(C)n2)N=C(c2c(F)cccc2F)Nc2c-3n[nH]c2C)C[C@H](C)O1. The van der Waals surface area contributed by atoms with Crippen molar-refractivity contribution >= 4 is 29.2 Å². The summed E-state index contributed by atoms with van der Waals surface area (Å²) in [4.78, 5) is 9.33. The van der Waals surface area contributed by atoms with Crippen LogP contribution >= 0.6 is 0 Å². The normalized spacial score (nSPS) is 19.4. The number of hydrogen-bond donors (Lipinski definition) is 2.